The third-order valence-corrected chi connectivity index (χ3v) is 3.86. The summed E-state index contributed by atoms with van der Waals surface area (Å²) < 4.78 is 10.9. The molecule has 1 unspecified atom stereocenters. The van der Waals surface area contributed by atoms with Crippen LogP contribution in [0.1, 0.15) is 11.1 Å². The molecule has 0 radical (unpaired) electrons. The van der Waals surface area contributed by atoms with E-state index in [1.165, 1.54) is 11.1 Å². The predicted molar refractivity (Wildman–Crippen MR) is 88.7 cm³/mol. The van der Waals surface area contributed by atoms with Crippen LogP contribution in [0.4, 0.5) is 10.5 Å². The minimum Gasteiger partial charge on any atom is -0.497 e. The van der Waals surface area contributed by atoms with Gasteiger partial charge in [0.25, 0.3) is 0 Å². The number of carbonyl (C=O) groups excluding carboxylic acids is 1. The SMILES string of the molecule is COc1cccc(NC(=O)NCC2Cc3ccccc3CO2)c1. The Morgan fingerprint density at radius 2 is 2.04 bits per heavy atom. The number of benzene rings is 2. The molecule has 3 rings (SSSR count). The van der Waals surface area contributed by atoms with Gasteiger partial charge in [0.1, 0.15) is 5.75 Å². The molecule has 1 atom stereocenters. The van der Waals surface area contributed by atoms with Crippen molar-refractivity contribution in [2.24, 2.45) is 0 Å². The second kappa shape index (κ2) is 7.15. The molecule has 0 fully saturated rings. The molecule has 2 amide bonds. The molecule has 5 heteroatoms. The van der Waals surface area contributed by atoms with E-state index in [-0.39, 0.29) is 12.1 Å². The lowest BCUT2D eigenvalue weighted by Crippen LogP contribution is -2.38. The average molecular weight is 312 g/mol. The first-order chi connectivity index (χ1) is 11.2. The van der Waals surface area contributed by atoms with Gasteiger partial charge in [0.2, 0.25) is 0 Å². The molecule has 2 N–H and O–H groups in total. The van der Waals surface area contributed by atoms with Gasteiger partial charge in [-0.15, -0.1) is 0 Å². The highest BCUT2D eigenvalue weighted by Gasteiger charge is 2.19. The van der Waals surface area contributed by atoms with Crippen LogP contribution >= 0.6 is 0 Å². The second-order valence-corrected chi connectivity index (χ2v) is 5.47. The molecule has 120 valence electrons. The monoisotopic (exact) mass is 312 g/mol. The lowest BCUT2D eigenvalue weighted by Gasteiger charge is -2.25. The van der Waals surface area contributed by atoms with Crippen molar-refractivity contribution in [1.82, 2.24) is 5.32 Å². The van der Waals surface area contributed by atoms with Crippen molar-refractivity contribution in [3.8, 4) is 5.75 Å². The molecule has 0 saturated heterocycles. The van der Waals surface area contributed by atoms with E-state index in [0.717, 1.165) is 6.42 Å². The van der Waals surface area contributed by atoms with Crippen molar-refractivity contribution in [3.63, 3.8) is 0 Å². The van der Waals surface area contributed by atoms with Crippen molar-refractivity contribution in [3.05, 3.63) is 59.7 Å². The van der Waals surface area contributed by atoms with E-state index in [2.05, 4.69) is 22.8 Å². The standard InChI is InChI=1S/C18H20N2O3/c1-22-16-8-4-7-15(10-16)20-18(21)19-11-17-9-13-5-2-3-6-14(13)12-23-17/h2-8,10,17H,9,11-12H2,1H3,(H2,19,20,21). The quantitative estimate of drug-likeness (QED) is 0.912. The Kier molecular flexibility index (Phi) is 4.78. The van der Waals surface area contributed by atoms with Gasteiger partial charge in [-0.3, -0.25) is 0 Å². The molecule has 1 heterocycles. The molecule has 2 aromatic rings. The van der Waals surface area contributed by atoms with Crippen LogP contribution in [0, 0.1) is 0 Å². The summed E-state index contributed by atoms with van der Waals surface area (Å²) in [4.78, 5) is 12.0. The molecule has 0 bridgehead atoms. The summed E-state index contributed by atoms with van der Waals surface area (Å²) in [6, 6.07) is 15.2. The lowest BCUT2D eigenvalue weighted by atomic mass is 9.99. The molecule has 0 spiro atoms. The number of hydrogen-bond acceptors (Lipinski definition) is 3. The van der Waals surface area contributed by atoms with Crippen molar-refractivity contribution < 1.29 is 14.3 Å². The van der Waals surface area contributed by atoms with Gasteiger partial charge in [-0.25, -0.2) is 4.79 Å². The van der Waals surface area contributed by atoms with E-state index >= 15 is 0 Å². The summed E-state index contributed by atoms with van der Waals surface area (Å²) in [7, 11) is 1.59. The molecular formula is C18H20N2O3. The minimum atomic E-state index is -0.249. The summed E-state index contributed by atoms with van der Waals surface area (Å²) in [5, 5.41) is 5.64. The first kappa shape index (κ1) is 15.4. The molecule has 23 heavy (non-hydrogen) atoms. The molecular weight excluding hydrogens is 292 g/mol. The Morgan fingerprint density at radius 3 is 2.87 bits per heavy atom. The van der Waals surface area contributed by atoms with Crippen molar-refractivity contribution in [2.75, 3.05) is 19.0 Å². The van der Waals surface area contributed by atoms with E-state index in [1.54, 1.807) is 13.2 Å². The molecule has 1 aliphatic rings. The van der Waals surface area contributed by atoms with Crippen molar-refractivity contribution in [1.29, 1.82) is 0 Å². The number of urea groups is 1. The Balaban J connectivity index is 1.50. The van der Waals surface area contributed by atoms with Gasteiger partial charge >= 0.3 is 6.03 Å². The topological polar surface area (TPSA) is 59.6 Å². The maximum absolute atomic E-state index is 12.0. The number of hydrogen-bond donors (Lipinski definition) is 2. The van der Waals surface area contributed by atoms with Gasteiger partial charge in [-0.05, 0) is 23.3 Å². The zero-order valence-electron chi connectivity index (χ0n) is 13.0. The van der Waals surface area contributed by atoms with Crippen LogP contribution in [0.15, 0.2) is 48.5 Å². The molecule has 0 aliphatic carbocycles. The van der Waals surface area contributed by atoms with Crippen LogP contribution < -0.4 is 15.4 Å². The van der Waals surface area contributed by atoms with Gasteiger partial charge in [0, 0.05) is 24.7 Å². The number of ether oxygens (including phenoxy) is 2. The maximum atomic E-state index is 12.0. The summed E-state index contributed by atoms with van der Waals surface area (Å²) in [5.41, 5.74) is 3.21. The number of methoxy groups -OCH3 is 1. The van der Waals surface area contributed by atoms with Crippen molar-refractivity contribution in [2.45, 2.75) is 19.1 Å². The Bertz CT molecular complexity index is 687. The Labute approximate surface area is 135 Å². The third-order valence-electron chi connectivity index (χ3n) is 3.86. The smallest absolute Gasteiger partial charge is 0.319 e. The number of rotatable bonds is 4. The van der Waals surface area contributed by atoms with E-state index in [1.807, 2.05) is 30.3 Å². The number of nitrogens with one attached hydrogen (secondary N) is 2. The fraction of sp³-hybridized carbons (Fsp3) is 0.278. The minimum absolute atomic E-state index is 0.000888. The van der Waals surface area contributed by atoms with Crippen LogP contribution in [0.2, 0.25) is 0 Å². The first-order valence-electron chi connectivity index (χ1n) is 7.62. The largest absolute Gasteiger partial charge is 0.497 e. The molecule has 0 aromatic heterocycles. The van der Waals surface area contributed by atoms with E-state index in [4.69, 9.17) is 9.47 Å². The van der Waals surface area contributed by atoms with Gasteiger partial charge in [-0.2, -0.15) is 0 Å². The molecule has 0 saturated carbocycles. The van der Waals surface area contributed by atoms with Crippen LogP contribution in [0.25, 0.3) is 0 Å². The van der Waals surface area contributed by atoms with Crippen LogP contribution in [0.3, 0.4) is 0 Å². The number of anilines is 1. The van der Waals surface area contributed by atoms with Gasteiger partial charge in [0.15, 0.2) is 0 Å². The summed E-state index contributed by atoms with van der Waals surface area (Å²) >= 11 is 0. The first-order valence-corrected chi connectivity index (χ1v) is 7.62. The number of amides is 2. The Morgan fingerprint density at radius 1 is 1.22 bits per heavy atom. The molecule has 2 aromatic carbocycles. The van der Waals surface area contributed by atoms with E-state index in [9.17, 15) is 4.79 Å². The van der Waals surface area contributed by atoms with Gasteiger partial charge < -0.3 is 20.1 Å². The highest BCUT2D eigenvalue weighted by molar-refractivity contribution is 5.89. The maximum Gasteiger partial charge on any atom is 0.319 e. The zero-order chi connectivity index (χ0) is 16.1. The summed E-state index contributed by atoms with van der Waals surface area (Å²) in [5.74, 6) is 0.704. The van der Waals surface area contributed by atoms with Crippen molar-refractivity contribution >= 4 is 11.7 Å². The van der Waals surface area contributed by atoms with Crippen LogP contribution in [-0.4, -0.2) is 25.8 Å². The van der Waals surface area contributed by atoms with Crippen LogP contribution in [-0.2, 0) is 17.8 Å². The summed E-state index contributed by atoms with van der Waals surface area (Å²) in [6.07, 6.45) is 0.816. The molecule has 1 aliphatic heterocycles. The number of fused-ring (bicyclic) bond motifs is 1. The fourth-order valence-electron chi connectivity index (χ4n) is 2.62. The average Bonchev–Trinajstić information content (AvgIpc) is 2.60. The normalized spacial score (nSPS) is 16.3. The number of carbonyl (C=O) groups is 1. The molecule has 5 nitrogen and oxygen atoms in total. The van der Waals surface area contributed by atoms with E-state index in [0.29, 0.717) is 24.6 Å². The van der Waals surface area contributed by atoms with Crippen LogP contribution in [0.5, 0.6) is 5.75 Å². The zero-order valence-corrected chi connectivity index (χ0v) is 13.0. The Hall–Kier alpha value is -2.53. The van der Waals surface area contributed by atoms with Gasteiger partial charge in [-0.1, -0.05) is 30.3 Å². The fourth-order valence-corrected chi connectivity index (χ4v) is 2.62. The predicted octanol–water partition coefficient (Wildman–Crippen LogP) is 2.96. The van der Waals surface area contributed by atoms with E-state index < -0.39 is 0 Å². The summed E-state index contributed by atoms with van der Waals surface area (Å²) in [6.45, 7) is 1.07. The third kappa shape index (κ3) is 4.02. The highest BCUT2D eigenvalue weighted by Crippen LogP contribution is 2.20. The van der Waals surface area contributed by atoms with Gasteiger partial charge in [0.05, 0.1) is 19.8 Å². The highest BCUT2D eigenvalue weighted by atomic mass is 16.5. The second-order valence-electron chi connectivity index (χ2n) is 5.47. The lowest BCUT2D eigenvalue weighted by molar-refractivity contribution is 0.0308.